The number of hydrogen-bond donors (Lipinski definition) is 0. The third kappa shape index (κ3) is 3.95. The van der Waals surface area contributed by atoms with Gasteiger partial charge in [0.1, 0.15) is 5.75 Å². The number of hydrogen-bond acceptors (Lipinski definition) is 6. The highest BCUT2D eigenvalue weighted by atomic mass is 32.2. The summed E-state index contributed by atoms with van der Waals surface area (Å²) in [6.07, 6.45) is 1.59. The average molecular weight is 405 g/mol. The van der Waals surface area contributed by atoms with Crippen molar-refractivity contribution in [3.05, 3.63) is 78.1 Å². The van der Waals surface area contributed by atoms with Gasteiger partial charge in [-0.15, -0.1) is 10.2 Å². The Morgan fingerprint density at radius 2 is 1.86 bits per heavy atom. The summed E-state index contributed by atoms with van der Waals surface area (Å²) >= 11 is 1.33. The lowest BCUT2D eigenvalue weighted by molar-refractivity contribution is 0.102. The third-order valence-corrected chi connectivity index (χ3v) is 5.34. The first-order chi connectivity index (χ1) is 14.2. The van der Waals surface area contributed by atoms with E-state index in [9.17, 15) is 4.79 Å². The molecule has 6 nitrogen and oxygen atoms in total. The molecule has 2 aromatic heterocycles. The van der Waals surface area contributed by atoms with Crippen LogP contribution in [0, 0.1) is 6.92 Å². The monoisotopic (exact) mass is 405 g/mol. The number of carbonyl (C=O) groups is 1. The molecule has 0 bridgehead atoms. The van der Waals surface area contributed by atoms with Crippen LogP contribution in [0.1, 0.15) is 15.9 Å². The molecule has 0 unspecified atom stereocenters. The van der Waals surface area contributed by atoms with E-state index in [2.05, 4.69) is 10.2 Å². The van der Waals surface area contributed by atoms with E-state index >= 15 is 0 Å². The van der Waals surface area contributed by atoms with Gasteiger partial charge in [-0.25, -0.2) is 0 Å². The zero-order valence-electron chi connectivity index (χ0n) is 16.0. The lowest BCUT2D eigenvalue weighted by Gasteiger charge is -2.12. The van der Waals surface area contributed by atoms with Gasteiger partial charge in [-0.3, -0.25) is 9.36 Å². The Morgan fingerprint density at radius 1 is 1.07 bits per heavy atom. The van der Waals surface area contributed by atoms with Crippen LogP contribution in [0.5, 0.6) is 5.75 Å². The Kier molecular flexibility index (Phi) is 5.48. The van der Waals surface area contributed by atoms with Crippen LogP contribution in [-0.2, 0) is 0 Å². The minimum atomic E-state index is 0.0316. The van der Waals surface area contributed by atoms with E-state index in [0.29, 0.717) is 28.1 Å². The van der Waals surface area contributed by atoms with Gasteiger partial charge in [0.05, 0.1) is 24.8 Å². The largest absolute Gasteiger partial charge is 0.495 e. The number of Topliss-reactive ketones (excluding diaryl/α,β-unsaturated/α-hetero) is 1. The minimum absolute atomic E-state index is 0.0316. The Labute approximate surface area is 172 Å². The fourth-order valence-electron chi connectivity index (χ4n) is 2.91. The van der Waals surface area contributed by atoms with Crippen molar-refractivity contribution in [2.45, 2.75) is 12.1 Å². The Hall–Kier alpha value is -3.32. The van der Waals surface area contributed by atoms with Gasteiger partial charge < -0.3 is 9.15 Å². The molecule has 0 saturated heterocycles. The van der Waals surface area contributed by atoms with Gasteiger partial charge in [0.15, 0.2) is 16.7 Å². The Bertz CT molecular complexity index is 1120. The summed E-state index contributed by atoms with van der Waals surface area (Å²) in [5.41, 5.74) is 2.57. The standard InChI is InChI=1S/C22H19N3O3S/c1-15-9-11-16(12-10-15)18(26)14-29-22-24-23-21(20-8-5-13-28-20)25(22)17-6-3-4-7-19(17)27-2/h3-13H,14H2,1-2H3. The molecule has 29 heavy (non-hydrogen) atoms. The SMILES string of the molecule is COc1ccccc1-n1c(SCC(=O)c2ccc(C)cc2)nnc1-c1ccco1. The lowest BCUT2D eigenvalue weighted by atomic mass is 10.1. The molecule has 0 amide bonds. The molecular formula is C22H19N3O3S. The minimum Gasteiger partial charge on any atom is -0.495 e. The highest BCUT2D eigenvalue weighted by Gasteiger charge is 2.21. The van der Waals surface area contributed by atoms with E-state index in [1.165, 1.54) is 11.8 Å². The van der Waals surface area contributed by atoms with Crippen molar-refractivity contribution in [2.24, 2.45) is 0 Å². The zero-order valence-corrected chi connectivity index (χ0v) is 16.8. The Balaban J connectivity index is 1.68. The van der Waals surface area contributed by atoms with E-state index < -0.39 is 0 Å². The lowest BCUT2D eigenvalue weighted by Crippen LogP contribution is -2.05. The smallest absolute Gasteiger partial charge is 0.205 e. The van der Waals surface area contributed by atoms with E-state index in [4.69, 9.17) is 9.15 Å². The summed E-state index contributed by atoms with van der Waals surface area (Å²) in [6, 6.07) is 18.8. The van der Waals surface area contributed by atoms with E-state index in [-0.39, 0.29) is 11.5 Å². The van der Waals surface area contributed by atoms with Crippen LogP contribution in [-0.4, -0.2) is 33.4 Å². The normalized spacial score (nSPS) is 10.8. The van der Waals surface area contributed by atoms with Crippen molar-refractivity contribution in [1.29, 1.82) is 0 Å². The summed E-state index contributed by atoms with van der Waals surface area (Å²) < 4.78 is 12.9. The van der Waals surface area contributed by atoms with E-state index in [1.54, 1.807) is 19.4 Å². The number of furan rings is 1. The molecule has 0 fully saturated rings. The third-order valence-electron chi connectivity index (χ3n) is 4.41. The molecule has 4 aromatic rings. The number of ketones is 1. The number of para-hydroxylation sites is 2. The van der Waals surface area contributed by atoms with Crippen molar-refractivity contribution in [1.82, 2.24) is 14.8 Å². The van der Waals surface area contributed by atoms with Gasteiger partial charge in [0, 0.05) is 5.56 Å². The van der Waals surface area contributed by atoms with Crippen LogP contribution in [0.3, 0.4) is 0 Å². The van der Waals surface area contributed by atoms with E-state index in [0.717, 1.165) is 11.3 Å². The maximum atomic E-state index is 12.6. The van der Waals surface area contributed by atoms with Gasteiger partial charge in [-0.1, -0.05) is 53.7 Å². The van der Waals surface area contributed by atoms with Crippen LogP contribution in [0.4, 0.5) is 0 Å². The van der Waals surface area contributed by atoms with Crippen molar-refractivity contribution in [3.63, 3.8) is 0 Å². The molecule has 0 spiro atoms. The molecule has 2 aromatic carbocycles. The maximum Gasteiger partial charge on any atom is 0.205 e. The predicted octanol–water partition coefficient (Wildman–Crippen LogP) is 4.82. The summed E-state index contributed by atoms with van der Waals surface area (Å²) in [4.78, 5) is 12.6. The second-order valence-electron chi connectivity index (χ2n) is 6.37. The molecule has 7 heteroatoms. The number of thioether (sulfide) groups is 1. The number of aryl methyl sites for hydroxylation is 1. The molecule has 0 aliphatic rings. The topological polar surface area (TPSA) is 70.2 Å². The van der Waals surface area contributed by atoms with Gasteiger partial charge >= 0.3 is 0 Å². The number of benzene rings is 2. The van der Waals surface area contributed by atoms with Gasteiger partial charge in [-0.05, 0) is 31.2 Å². The summed E-state index contributed by atoms with van der Waals surface area (Å²) in [7, 11) is 1.61. The van der Waals surface area contributed by atoms with Crippen LogP contribution in [0.2, 0.25) is 0 Å². The molecule has 0 aliphatic carbocycles. The molecule has 4 rings (SSSR count). The fourth-order valence-corrected chi connectivity index (χ4v) is 3.75. The van der Waals surface area contributed by atoms with Gasteiger partial charge in [0.25, 0.3) is 0 Å². The van der Waals surface area contributed by atoms with Gasteiger partial charge in [-0.2, -0.15) is 0 Å². The van der Waals surface area contributed by atoms with Crippen molar-refractivity contribution < 1.29 is 13.9 Å². The molecular weight excluding hydrogens is 386 g/mol. The molecule has 0 saturated carbocycles. The number of carbonyl (C=O) groups excluding carboxylic acids is 1. The molecule has 0 N–H and O–H groups in total. The van der Waals surface area contributed by atoms with Crippen LogP contribution < -0.4 is 4.74 Å². The van der Waals surface area contributed by atoms with Crippen molar-refractivity contribution in [2.75, 3.05) is 12.9 Å². The highest BCUT2D eigenvalue weighted by molar-refractivity contribution is 7.99. The second kappa shape index (κ2) is 8.36. The predicted molar refractivity (Wildman–Crippen MR) is 112 cm³/mol. The van der Waals surface area contributed by atoms with Crippen LogP contribution in [0.25, 0.3) is 17.3 Å². The quantitative estimate of drug-likeness (QED) is 0.324. The molecule has 146 valence electrons. The average Bonchev–Trinajstić information content (AvgIpc) is 3.42. The zero-order chi connectivity index (χ0) is 20.2. The number of methoxy groups -OCH3 is 1. The fraction of sp³-hybridized carbons (Fsp3) is 0.136. The number of ether oxygens (including phenoxy) is 1. The first-order valence-corrected chi connectivity index (χ1v) is 10.0. The van der Waals surface area contributed by atoms with E-state index in [1.807, 2.05) is 66.1 Å². The second-order valence-corrected chi connectivity index (χ2v) is 7.31. The number of aromatic nitrogens is 3. The molecule has 0 radical (unpaired) electrons. The molecule has 0 atom stereocenters. The van der Waals surface area contributed by atoms with Crippen molar-refractivity contribution >= 4 is 17.5 Å². The number of rotatable bonds is 7. The molecule has 2 heterocycles. The first-order valence-electron chi connectivity index (χ1n) is 9.02. The number of nitrogens with zero attached hydrogens (tertiary/aromatic N) is 3. The van der Waals surface area contributed by atoms with Gasteiger partial charge in [0.2, 0.25) is 5.82 Å². The Morgan fingerprint density at radius 3 is 2.59 bits per heavy atom. The summed E-state index contributed by atoms with van der Waals surface area (Å²) in [5.74, 6) is 2.08. The maximum absolute atomic E-state index is 12.6. The summed E-state index contributed by atoms with van der Waals surface area (Å²) in [5, 5.41) is 9.20. The molecule has 0 aliphatic heterocycles. The summed E-state index contributed by atoms with van der Waals surface area (Å²) in [6.45, 7) is 1.99. The van der Waals surface area contributed by atoms with Crippen LogP contribution in [0.15, 0.2) is 76.5 Å². The van der Waals surface area contributed by atoms with Crippen molar-refractivity contribution in [3.8, 4) is 23.0 Å². The van der Waals surface area contributed by atoms with Crippen LogP contribution >= 0.6 is 11.8 Å². The highest BCUT2D eigenvalue weighted by Crippen LogP contribution is 2.32. The first kappa shape index (κ1) is 19.0.